The molecule has 0 atom stereocenters. The molecule has 2 rings (SSSR count). The number of rotatable bonds is 6. The fourth-order valence-corrected chi connectivity index (χ4v) is 2.27. The second kappa shape index (κ2) is 6.80. The fraction of sp³-hybridized carbons (Fsp3) is 0.154. The molecule has 0 bridgehead atoms. The Kier molecular flexibility index (Phi) is 4.83. The van der Waals surface area contributed by atoms with E-state index >= 15 is 0 Å². The molecule has 8 heteroatoms. The van der Waals surface area contributed by atoms with Crippen molar-refractivity contribution in [2.24, 2.45) is 0 Å². The third-order valence-corrected chi connectivity index (χ3v) is 3.25. The Hall–Kier alpha value is -2.48. The minimum absolute atomic E-state index is 0.131. The van der Waals surface area contributed by atoms with Gasteiger partial charge < -0.3 is 21.3 Å². The van der Waals surface area contributed by atoms with Gasteiger partial charge >= 0.3 is 5.97 Å². The van der Waals surface area contributed by atoms with Crippen LogP contribution in [0.25, 0.3) is 0 Å². The molecule has 1 heterocycles. The van der Waals surface area contributed by atoms with Gasteiger partial charge in [-0.3, -0.25) is 0 Å². The van der Waals surface area contributed by atoms with Crippen molar-refractivity contribution in [2.45, 2.75) is 5.16 Å². The molecular formula is C13H14N4O3S. The number of aromatic nitrogens is 2. The predicted octanol–water partition coefficient (Wildman–Crippen LogP) is 1.51. The van der Waals surface area contributed by atoms with Crippen molar-refractivity contribution in [2.75, 3.05) is 23.8 Å². The summed E-state index contributed by atoms with van der Waals surface area (Å²) in [6.45, 7) is 0.313. The van der Waals surface area contributed by atoms with Gasteiger partial charge in [-0.1, -0.05) is 23.9 Å². The first-order chi connectivity index (χ1) is 10.1. The first kappa shape index (κ1) is 14.9. The van der Waals surface area contributed by atoms with Gasteiger partial charge in [-0.15, -0.1) is 0 Å². The lowest BCUT2D eigenvalue weighted by Gasteiger charge is -2.08. The van der Waals surface area contributed by atoms with E-state index in [0.717, 1.165) is 0 Å². The van der Waals surface area contributed by atoms with Gasteiger partial charge in [-0.25, -0.2) is 14.8 Å². The monoisotopic (exact) mass is 306 g/mol. The van der Waals surface area contributed by atoms with E-state index in [1.807, 2.05) is 0 Å². The molecule has 7 nitrogen and oxygen atoms in total. The second-order valence-corrected chi connectivity index (χ2v) is 5.06. The fourth-order valence-electron chi connectivity index (χ4n) is 1.58. The highest BCUT2D eigenvalue weighted by molar-refractivity contribution is 7.99. The van der Waals surface area contributed by atoms with Gasteiger partial charge in [-0.2, -0.15) is 0 Å². The second-order valence-electron chi connectivity index (χ2n) is 4.00. The molecule has 1 aromatic heterocycles. The number of para-hydroxylation sites is 1. The number of nitrogens with two attached hydrogens (primary N) is 2. The van der Waals surface area contributed by atoms with Gasteiger partial charge in [-0.05, 0) is 12.1 Å². The Labute approximate surface area is 125 Å². The molecule has 0 unspecified atom stereocenters. The number of hydrogen-bond acceptors (Lipinski definition) is 7. The number of carboxylic acid groups (broad SMARTS) is 1. The molecule has 0 aliphatic rings. The lowest BCUT2D eigenvalue weighted by Crippen LogP contribution is -2.06. The molecule has 0 spiro atoms. The van der Waals surface area contributed by atoms with Crippen molar-refractivity contribution in [1.82, 2.24) is 9.97 Å². The van der Waals surface area contributed by atoms with E-state index in [9.17, 15) is 4.79 Å². The summed E-state index contributed by atoms with van der Waals surface area (Å²) in [4.78, 5) is 19.1. The topological polar surface area (TPSA) is 124 Å². The molecule has 0 amide bonds. The van der Waals surface area contributed by atoms with Gasteiger partial charge in [0.1, 0.15) is 22.9 Å². The van der Waals surface area contributed by atoms with Crippen molar-refractivity contribution in [1.29, 1.82) is 0 Å². The maximum Gasteiger partial charge on any atom is 0.339 e. The highest BCUT2D eigenvalue weighted by atomic mass is 32.2. The summed E-state index contributed by atoms with van der Waals surface area (Å²) in [5.74, 6) is 0.463. The van der Waals surface area contributed by atoms with Gasteiger partial charge in [0.2, 0.25) is 0 Å². The van der Waals surface area contributed by atoms with Gasteiger partial charge in [0.05, 0.1) is 6.61 Å². The zero-order valence-electron chi connectivity index (χ0n) is 11.0. The van der Waals surface area contributed by atoms with E-state index < -0.39 is 5.97 Å². The van der Waals surface area contributed by atoms with Crippen LogP contribution in [0.1, 0.15) is 10.4 Å². The zero-order valence-corrected chi connectivity index (χ0v) is 11.8. The number of carbonyl (C=O) groups is 1. The van der Waals surface area contributed by atoms with Crippen LogP contribution >= 0.6 is 11.8 Å². The van der Waals surface area contributed by atoms with Crippen LogP contribution in [-0.4, -0.2) is 33.4 Å². The molecule has 0 aliphatic heterocycles. The van der Waals surface area contributed by atoms with Crippen LogP contribution in [0.15, 0.2) is 35.5 Å². The van der Waals surface area contributed by atoms with Crippen LogP contribution in [-0.2, 0) is 0 Å². The highest BCUT2D eigenvalue weighted by Gasteiger charge is 2.10. The molecule has 0 saturated carbocycles. The average Bonchev–Trinajstić information content (AvgIpc) is 2.43. The number of thioether (sulfide) groups is 1. The third-order valence-electron chi connectivity index (χ3n) is 2.43. The van der Waals surface area contributed by atoms with Crippen LogP contribution in [0.4, 0.5) is 11.6 Å². The van der Waals surface area contributed by atoms with Crippen molar-refractivity contribution in [3.05, 3.63) is 35.9 Å². The lowest BCUT2D eigenvalue weighted by atomic mass is 10.2. The molecule has 0 fully saturated rings. The molecular weight excluding hydrogens is 292 g/mol. The van der Waals surface area contributed by atoms with Crippen LogP contribution in [0, 0.1) is 0 Å². The van der Waals surface area contributed by atoms with Crippen molar-refractivity contribution < 1.29 is 14.6 Å². The summed E-state index contributed by atoms with van der Waals surface area (Å²) < 4.78 is 5.46. The lowest BCUT2D eigenvalue weighted by molar-refractivity contribution is 0.0692. The maximum absolute atomic E-state index is 11.0. The number of anilines is 2. The molecule has 21 heavy (non-hydrogen) atoms. The van der Waals surface area contributed by atoms with E-state index in [2.05, 4.69) is 9.97 Å². The minimum Gasteiger partial charge on any atom is -0.492 e. The molecule has 110 valence electrons. The van der Waals surface area contributed by atoms with Crippen molar-refractivity contribution in [3.8, 4) is 5.75 Å². The standard InChI is InChI=1S/C13H14N4O3S/c14-10-7-11(15)17-13(16-10)21-6-5-20-9-4-2-1-3-8(9)12(18)19/h1-4,7H,5-6H2,(H,18,19)(H4,14,15,16,17). The highest BCUT2D eigenvalue weighted by Crippen LogP contribution is 2.20. The SMILES string of the molecule is Nc1cc(N)nc(SCCOc2ccccc2C(=O)O)n1. The number of ether oxygens (including phenoxy) is 1. The minimum atomic E-state index is -1.02. The first-order valence-corrected chi connectivity index (χ1v) is 7.03. The van der Waals surface area contributed by atoms with Crippen LogP contribution in [0.5, 0.6) is 5.75 Å². The quantitative estimate of drug-likeness (QED) is 0.417. The van der Waals surface area contributed by atoms with E-state index in [1.54, 1.807) is 18.2 Å². The van der Waals surface area contributed by atoms with Gasteiger partial charge in [0, 0.05) is 11.8 Å². The molecule has 1 aromatic carbocycles. The number of nitrogen functional groups attached to an aromatic ring is 2. The number of nitrogens with zero attached hydrogens (tertiary/aromatic N) is 2. The van der Waals surface area contributed by atoms with Gasteiger partial charge in [0.15, 0.2) is 5.16 Å². The van der Waals surface area contributed by atoms with Crippen molar-refractivity contribution >= 4 is 29.4 Å². The van der Waals surface area contributed by atoms with E-state index in [-0.39, 0.29) is 5.56 Å². The molecule has 2 aromatic rings. The summed E-state index contributed by atoms with van der Waals surface area (Å²) in [6.07, 6.45) is 0. The van der Waals surface area contributed by atoms with Crippen LogP contribution < -0.4 is 16.2 Å². The van der Waals surface area contributed by atoms with E-state index in [4.69, 9.17) is 21.3 Å². The third kappa shape index (κ3) is 4.25. The maximum atomic E-state index is 11.0. The average molecular weight is 306 g/mol. The Morgan fingerprint density at radius 1 is 1.24 bits per heavy atom. The number of benzene rings is 1. The van der Waals surface area contributed by atoms with Crippen LogP contribution in [0.2, 0.25) is 0 Å². The smallest absolute Gasteiger partial charge is 0.339 e. The first-order valence-electron chi connectivity index (χ1n) is 6.04. The van der Waals surface area contributed by atoms with E-state index in [1.165, 1.54) is 23.9 Å². The Morgan fingerprint density at radius 2 is 1.90 bits per heavy atom. The van der Waals surface area contributed by atoms with Crippen LogP contribution in [0.3, 0.4) is 0 Å². The van der Waals surface area contributed by atoms with E-state index in [0.29, 0.717) is 34.9 Å². The molecule has 5 N–H and O–H groups in total. The number of carboxylic acids is 1. The molecule has 0 saturated heterocycles. The number of hydrogen-bond donors (Lipinski definition) is 3. The largest absolute Gasteiger partial charge is 0.492 e. The summed E-state index contributed by atoms with van der Waals surface area (Å²) in [5, 5.41) is 9.49. The summed E-state index contributed by atoms with van der Waals surface area (Å²) in [7, 11) is 0. The van der Waals surface area contributed by atoms with Crippen molar-refractivity contribution in [3.63, 3.8) is 0 Å². The summed E-state index contributed by atoms with van der Waals surface area (Å²) in [5.41, 5.74) is 11.3. The van der Waals surface area contributed by atoms with Gasteiger partial charge in [0.25, 0.3) is 0 Å². The molecule has 0 radical (unpaired) electrons. The normalized spacial score (nSPS) is 10.3. The molecule has 0 aliphatic carbocycles. The zero-order chi connectivity index (χ0) is 15.2. The summed E-state index contributed by atoms with van der Waals surface area (Å²) >= 11 is 1.33. The Balaban J connectivity index is 1.89. The Morgan fingerprint density at radius 3 is 2.57 bits per heavy atom. The predicted molar refractivity (Wildman–Crippen MR) is 80.5 cm³/mol. The summed E-state index contributed by atoms with van der Waals surface area (Å²) in [6, 6.07) is 7.95. The Bertz CT molecular complexity index is 631. The number of aromatic carboxylic acids is 1.